The van der Waals surface area contributed by atoms with Crippen LogP contribution in [0.2, 0.25) is 0 Å². The van der Waals surface area contributed by atoms with E-state index < -0.39 is 11.7 Å². The zero-order valence-corrected chi connectivity index (χ0v) is 9.69. The number of benzene rings is 1. The molecule has 2 N–H and O–H groups in total. The summed E-state index contributed by atoms with van der Waals surface area (Å²) in [6.07, 6.45) is 1.51. The topological polar surface area (TPSA) is 83.8 Å². The Balaban J connectivity index is 3.50. The van der Waals surface area contributed by atoms with E-state index in [1.54, 1.807) is 0 Å². The van der Waals surface area contributed by atoms with Crippen molar-refractivity contribution in [2.45, 2.75) is 19.8 Å². The first-order valence-corrected chi connectivity index (χ1v) is 5.18. The van der Waals surface area contributed by atoms with Crippen molar-refractivity contribution in [1.82, 2.24) is 0 Å². The van der Waals surface area contributed by atoms with Gasteiger partial charge < -0.3 is 14.9 Å². The summed E-state index contributed by atoms with van der Waals surface area (Å²) in [6.45, 7) is 1.89. The molecule has 0 unspecified atom stereocenters. The molecule has 0 fully saturated rings. The third-order valence-corrected chi connectivity index (χ3v) is 2.43. The van der Waals surface area contributed by atoms with Crippen LogP contribution in [0, 0.1) is 0 Å². The molecular formula is C12H14O5. The SMILES string of the molecule is CCCc1cc(O)c(C=O)c(O)c1C(=O)OC. The highest BCUT2D eigenvalue weighted by atomic mass is 16.5. The van der Waals surface area contributed by atoms with E-state index in [2.05, 4.69) is 4.74 Å². The second-order valence-corrected chi connectivity index (χ2v) is 3.55. The highest BCUT2D eigenvalue weighted by Gasteiger charge is 2.22. The molecule has 0 aliphatic rings. The van der Waals surface area contributed by atoms with Crippen LogP contribution in [0.5, 0.6) is 11.5 Å². The largest absolute Gasteiger partial charge is 0.507 e. The fourth-order valence-electron chi connectivity index (χ4n) is 1.64. The maximum atomic E-state index is 11.5. The molecule has 1 aromatic carbocycles. The lowest BCUT2D eigenvalue weighted by Crippen LogP contribution is -2.08. The van der Waals surface area contributed by atoms with Crippen LogP contribution >= 0.6 is 0 Å². The summed E-state index contributed by atoms with van der Waals surface area (Å²) < 4.78 is 4.55. The quantitative estimate of drug-likeness (QED) is 0.615. The monoisotopic (exact) mass is 238 g/mol. The molecule has 0 aromatic heterocycles. The summed E-state index contributed by atoms with van der Waals surface area (Å²) in [5, 5.41) is 19.3. The fourth-order valence-corrected chi connectivity index (χ4v) is 1.64. The van der Waals surface area contributed by atoms with E-state index in [9.17, 15) is 19.8 Å². The number of hydrogen-bond acceptors (Lipinski definition) is 5. The van der Waals surface area contributed by atoms with Gasteiger partial charge in [0.15, 0.2) is 6.29 Å². The molecule has 1 aromatic rings. The third-order valence-electron chi connectivity index (χ3n) is 2.43. The van der Waals surface area contributed by atoms with Gasteiger partial charge in [-0.2, -0.15) is 0 Å². The Kier molecular flexibility index (Phi) is 4.09. The van der Waals surface area contributed by atoms with Crippen LogP contribution in [0.25, 0.3) is 0 Å². The van der Waals surface area contributed by atoms with Gasteiger partial charge in [0.25, 0.3) is 0 Å². The average Bonchev–Trinajstić information content (AvgIpc) is 2.29. The number of phenolic OH excluding ortho intramolecular Hbond substituents is 2. The Morgan fingerprint density at radius 2 is 2.12 bits per heavy atom. The second kappa shape index (κ2) is 5.34. The molecular weight excluding hydrogens is 224 g/mol. The number of aromatic hydroxyl groups is 2. The number of methoxy groups -OCH3 is 1. The fraction of sp³-hybridized carbons (Fsp3) is 0.333. The minimum Gasteiger partial charge on any atom is -0.507 e. The van der Waals surface area contributed by atoms with Gasteiger partial charge in [-0.15, -0.1) is 0 Å². The average molecular weight is 238 g/mol. The molecule has 5 heteroatoms. The van der Waals surface area contributed by atoms with Crippen LogP contribution in [0.1, 0.15) is 39.6 Å². The number of ether oxygens (including phenoxy) is 1. The minimum absolute atomic E-state index is 0.0609. The van der Waals surface area contributed by atoms with Gasteiger partial charge in [0, 0.05) is 0 Å². The van der Waals surface area contributed by atoms with Crippen LogP contribution in [0.15, 0.2) is 6.07 Å². The van der Waals surface area contributed by atoms with E-state index in [1.165, 1.54) is 13.2 Å². The summed E-state index contributed by atoms with van der Waals surface area (Å²) >= 11 is 0. The van der Waals surface area contributed by atoms with E-state index in [1.807, 2.05) is 6.92 Å². The first-order chi connectivity index (χ1) is 8.06. The number of phenols is 2. The first kappa shape index (κ1) is 13.0. The molecule has 0 heterocycles. The van der Waals surface area contributed by atoms with Crippen molar-refractivity contribution in [3.63, 3.8) is 0 Å². The zero-order valence-electron chi connectivity index (χ0n) is 9.69. The standard InChI is InChI=1S/C12H14O5/c1-3-4-7-5-9(14)8(6-13)11(15)10(7)12(16)17-2/h5-6,14-15H,3-4H2,1-2H3. The van der Waals surface area contributed by atoms with Crippen LogP contribution in [-0.2, 0) is 11.2 Å². The van der Waals surface area contributed by atoms with Crippen LogP contribution in [-0.4, -0.2) is 29.6 Å². The molecule has 0 saturated heterocycles. The maximum absolute atomic E-state index is 11.5. The smallest absolute Gasteiger partial charge is 0.341 e. The molecule has 0 radical (unpaired) electrons. The highest BCUT2D eigenvalue weighted by molar-refractivity contribution is 5.99. The highest BCUT2D eigenvalue weighted by Crippen LogP contribution is 2.33. The Hall–Kier alpha value is -2.04. The van der Waals surface area contributed by atoms with Gasteiger partial charge in [0.05, 0.1) is 12.7 Å². The summed E-state index contributed by atoms with van der Waals surface area (Å²) in [4.78, 5) is 22.2. The molecule has 0 aliphatic carbocycles. The summed E-state index contributed by atoms with van der Waals surface area (Å²) in [5.41, 5.74) is 0.0967. The van der Waals surface area contributed by atoms with Crippen LogP contribution < -0.4 is 0 Å². The molecule has 0 amide bonds. The summed E-state index contributed by atoms with van der Waals surface area (Å²) in [7, 11) is 1.19. The Morgan fingerprint density at radius 3 is 2.59 bits per heavy atom. The van der Waals surface area contributed by atoms with E-state index in [-0.39, 0.29) is 16.9 Å². The van der Waals surface area contributed by atoms with Gasteiger partial charge >= 0.3 is 5.97 Å². The second-order valence-electron chi connectivity index (χ2n) is 3.55. The van der Waals surface area contributed by atoms with Gasteiger partial charge in [-0.1, -0.05) is 13.3 Å². The van der Waals surface area contributed by atoms with Crippen molar-refractivity contribution >= 4 is 12.3 Å². The molecule has 17 heavy (non-hydrogen) atoms. The van der Waals surface area contributed by atoms with Gasteiger partial charge in [0.1, 0.15) is 17.1 Å². The Labute approximate surface area is 98.6 Å². The predicted molar refractivity (Wildman–Crippen MR) is 60.5 cm³/mol. The van der Waals surface area contributed by atoms with E-state index in [0.717, 1.165) is 6.42 Å². The number of aldehydes is 1. The third kappa shape index (κ3) is 2.38. The number of rotatable bonds is 4. The van der Waals surface area contributed by atoms with Gasteiger partial charge in [-0.05, 0) is 18.1 Å². The normalized spacial score (nSPS) is 10.0. The molecule has 0 aliphatic heterocycles. The van der Waals surface area contributed by atoms with Crippen molar-refractivity contribution in [2.75, 3.05) is 7.11 Å². The minimum atomic E-state index is -0.728. The summed E-state index contributed by atoms with van der Waals surface area (Å²) in [6, 6.07) is 1.30. The molecule has 0 spiro atoms. The molecule has 0 bridgehead atoms. The van der Waals surface area contributed by atoms with E-state index in [0.29, 0.717) is 18.3 Å². The number of hydrogen-bond donors (Lipinski definition) is 2. The van der Waals surface area contributed by atoms with Crippen molar-refractivity contribution in [3.05, 3.63) is 22.8 Å². The number of carbonyl (C=O) groups excluding carboxylic acids is 2. The van der Waals surface area contributed by atoms with Crippen LogP contribution in [0.4, 0.5) is 0 Å². The van der Waals surface area contributed by atoms with E-state index >= 15 is 0 Å². The zero-order chi connectivity index (χ0) is 13.0. The van der Waals surface area contributed by atoms with Crippen molar-refractivity contribution in [3.8, 4) is 11.5 Å². The lowest BCUT2D eigenvalue weighted by atomic mass is 9.98. The lowest BCUT2D eigenvalue weighted by molar-refractivity contribution is 0.0596. The van der Waals surface area contributed by atoms with Gasteiger partial charge in [0.2, 0.25) is 0 Å². The number of aryl methyl sites for hydroxylation is 1. The maximum Gasteiger partial charge on any atom is 0.341 e. The Morgan fingerprint density at radius 1 is 1.47 bits per heavy atom. The first-order valence-electron chi connectivity index (χ1n) is 5.18. The van der Waals surface area contributed by atoms with E-state index in [4.69, 9.17) is 0 Å². The molecule has 0 atom stereocenters. The number of carbonyl (C=O) groups is 2. The van der Waals surface area contributed by atoms with Gasteiger partial charge in [-0.3, -0.25) is 4.79 Å². The van der Waals surface area contributed by atoms with Crippen molar-refractivity contribution < 1.29 is 24.5 Å². The molecule has 5 nitrogen and oxygen atoms in total. The van der Waals surface area contributed by atoms with Gasteiger partial charge in [-0.25, -0.2) is 4.79 Å². The molecule has 0 saturated carbocycles. The van der Waals surface area contributed by atoms with Crippen molar-refractivity contribution in [2.24, 2.45) is 0 Å². The summed E-state index contributed by atoms with van der Waals surface area (Å²) in [5.74, 6) is -1.60. The predicted octanol–water partition coefficient (Wildman–Crippen LogP) is 1.65. The molecule has 92 valence electrons. The molecule has 1 rings (SSSR count). The lowest BCUT2D eigenvalue weighted by Gasteiger charge is -2.12. The van der Waals surface area contributed by atoms with Crippen molar-refractivity contribution in [1.29, 1.82) is 0 Å². The number of esters is 1. The Bertz CT molecular complexity index is 451. The van der Waals surface area contributed by atoms with Crippen LogP contribution in [0.3, 0.4) is 0 Å².